The zero-order chi connectivity index (χ0) is 16.1. The summed E-state index contributed by atoms with van der Waals surface area (Å²) in [4.78, 5) is 15.6. The van der Waals surface area contributed by atoms with Crippen LogP contribution in [0.1, 0.15) is 5.56 Å². The fraction of sp³-hybridized carbons (Fsp3) is 0.333. The van der Waals surface area contributed by atoms with E-state index in [2.05, 4.69) is 10.3 Å². The molecule has 0 fully saturated rings. The number of carbonyl (C=O) groups is 1. The topological polar surface area (TPSA) is 89.4 Å². The molecule has 0 atom stereocenters. The van der Waals surface area contributed by atoms with E-state index in [-0.39, 0.29) is 23.8 Å². The summed E-state index contributed by atoms with van der Waals surface area (Å²) < 4.78 is 15.8. The van der Waals surface area contributed by atoms with Crippen LogP contribution in [-0.4, -0.2) is 45.1 Å². The number of aliphatic imine (C=N–C) groups is 1. The second-order valence-corrected chi connectivity index (χ2v) is 4.55. The Labute approximate surface area is 128 Å². The van der Waals surface area contributed by atoms with Crippen molar-refractivity contribution >= 4 is 12.1 Å². The van der Waals surface area contributed by atoms with Crippen molar-refractivity contribution in [3.63, 3.8) is 0 Å². The molecule has 0 aromatic heterocycles. The van der Waals surface area contributed by atoms with Gasteiger partial charge in [-0.05, 0) is 17.7 Å². The lowest BCUT2D eigenvalue weighted by atomic mass is 10.2. The molecule has 1 heterocycles. The summed E-state index contributed by atoms with van der Waals surface area (Å²) in [6.07, 6.45) is 1.36. The SMILES string of the molecule is COc1cc(CN=CC2=C(O)CNC2=O)cc(OC)c1OC. The Balaban J connectivity index is 2.20. The first-order valence-corrected chi connectivity index (χ1v) is 6.59. The number of nitrogens with zero attached hydrogens (tertiary/aromatic N) is 1. The van der Waals surface area contributed by atoms with Crippen molar-refractivity contribution in [2.24, 2.45) is 4.99 Å². The Kier molecular flexibility index (Phi) is 4.88. The van der Waals surface area contributed by atoms with E-state index < -0.39 is 0 Å². The van der Waals surface area contributed by atoms with Crippen molar-refractivity contribution < 1.29 is 24.1 Å². The van der Waals surface area contributed by atoms with E-state index >= 15 is 0 Å². The lowest BCUT2D eigenvalue weighted by Crippen LogP contribution is -2.17. The van der Waals surface area contributed by atoms with Gasteiger partial charge in [0.1, 0.15) is 5.76 Å². The van der Waals surface area contributed by atoms with Gasteiger partial charge in [-0.2, -0.15) is 0 Å². The summed E-state index contributed by atoms with van der Waals surface area (Å²) >= 11 is 0. The highest BCUT2D eigenvalue weighted by Gasteiger charge is 2.20. The van der Waals surface area contributed by atoms with Gasteiger partial charge in [0.15, 0.2) is 11.5 Å². The van der Waals surface area contributed by atoms with Crippen molar-refractivity contribution in [1.82, 2.24) is 5.32 Å². The van der Waals surface area contributed by atoms with Gasteiger partial charge in [0.25, 0.3) is 5.91 Å². The summed E-state index contributed by atoms with van der Waals surface area (Å²) in [7, 11) is 4.61. The lowest BCUT2D eigenvalue weighted by Gasteiger charge is -2.13. The number of ether oxygens (including phenoxy) is 3. The second-order valence-electron chi connectivity index (χ2n) is 4.55. The average Bonchev–Trinajstić information content (AvgIpc) is 2.85. The van der Waals surface area contributed by atoms with Crippen molar-refractivity contribution in [3.05, 3.63) is 29.0 Å². The third-order valence-electron chi connectivity index (χ3n) is 3.19. The minimum Gasteiger partial charge on any atom is -0.510 e. The molecule has 0 unspecified atom stereocenters. The van der Waals surface area contributed by atoms with E-state index in [1.165, 1.54) is 27.5 Å². The molecule has 22 heavy (non-hydrogen) atoms. The molecular weight excluding hydrogens is 288 g/mol. The largest absolute Gasteiger partial charge is 0.510 e. The minimum absolute atomic E-state index is 0.00126. The third-order valence-corrected chi connectivity index (χ3v) is 3.19. The molecule has 1 aromatic carbocycles. The van der Waals surface area contributed by atoms with Crippen LogP contribution in [0, 0.1) is 0 Å². The normalized spacial score (nSPS) is 14.4. The first-order chi connectivity index (χ1) is 10.6. The maximum atomic E-state index is 11.4. The predicted molar refractivity (Wildman–Crippen MR) is 81.0 cm³/mol. The number of aliphatic hydroxyl groups excluding tert-OH is 1. The molecular formula is C15H18N2O5. The summed E-state index contributed by atoms with van der Waals surface area (Å²) in [5.74, 6) is 1.25. The fourth-order valence-corrected chi connectivity index (χ4v) is 2.09. The molecule has 0 saturated heterocycles. The molecule has 1 aliphatic rings. The van der Waals surface area contributed by atoms with Crippen LogP contribution in [0.15, 0.2) is 28.5 Å². The Hall–Kier alpha value is -2.70. The number of hydrogen-bond donors (Lipinski definition) is 2. The number of aliphatic hydroxyl groups is 1. The summed E-state index contributed by atoms with van der Waals surface area (Å²) in [5.41, 5.74) is 1.01. The standard InChI is InChI=1S/C15H18N2O5/c1-20-12-4-9(5-13(21-2)14(12)22-3)6-16-7-10-11(18)8-17-15(10)19/h4-5,7,18H,6,8H2,1-3H3,(H,17,19). The smallest absolute Gasteiger partial charge is 0.256 e. The zero-order valence-electron chi connectivity index (χ0n) is 12.7. The van der Waals surface area contributed by atoms with Crippen LogP contribution in [0.5, 0.6) is 17.2 Å². The molecule has 0 aliphatic carbocycles. The quantitative estimate of drug-likeness (QED) is 0.772. The molecule has 0 bridgehead atoms. The molecule has 0 radical (unpaired) electrons. The number of rotatable bonds is 6. The van der Waals surface area contributed by atoms with Crippen LogP contribution in [0.2, 0.25) is 0 Å². The molecule has 2 N–H and O–H groups in total. The van der Waals surface area contributed by atoms with Crippen molar-refractivity contribution in [3.8, 4) is 17.2 Å². The molecule has 118 valence electrons. The van der Waals surface area contributed by atoms with Gasteiger partial charge in [-0.25, -0.2) is 0 Å². The van der Waals surface area contributed by atoms with Gasteiger partial charge in [-0.1, -0.05) is 0 Å². The van der Waals surface area contributed by atoms with Gasteiger partial charge in [0.05, 0.1) is 40.0 Å². The van der Waals surface area contributed by atoms with E-state index in [4.69, 9.17) is 14.2 Å². The maximum Gasteiger partial charge on any atom is 0.256 e. The summed E-state index contributed by atoms with van der Waals surface area (Å²) in [6, 6.07) is 3.56. The Bertz CT molecular complexity index is 612. The number of methoxy groups -OCH3 is 3. The van der Waals surface area contributed by atoms with Crippen molar-refractivity contribution in [2.45, 2.75) is 6.54 Å². The van der Waals surface area contributed by atoms with Crippen molar-refractivity contribution in [2.75, 3.05) is 27.9 Å². The molecule has 1 aromatic rings. The van der Waals surface area contributed by atoms with Crippen LogP contribution in [0.25, 0.3) is 0 Å². The molecule has 7 nitrogen and oxygen atoms in total. The van der Waals surface area contributed by atoms with Crippen LogP contribution in [0.4, 0.5) is 0 Å². The van der Waals surface area contributed by atoms with Gasteiger partial charge in [0, 0.05) is 6.21 Å². The molecule has 7 heteroatoms. The fourth-order valence-electron chi connectivity index (χ4n) is 2.09. The molecule has 0 saturated carbocycles. The monoisotopic (exact) mass is 306 g/mol. The van der Waals surface area contributed by atoms with Gasteiger partial charge in [-0.3, -0.25) is 9.79 Å². The first kappa shape index (κ1) is 15.7. The van der Waals surface area contributed by atoms with Crippen LogP contribution >= 0.6 is 0 Å². The molecule has 1 amide bonds. The van der Waals surface area contributed by atoms with Gasteiger partial charge >= 0.3 is 0 Å². The van der Waals surface area contributed by atoms with E-state index in [0.717, 1.165) is 5.56 Å². The zero-order valence-corrected chi connectivity index (χ0v) is 12.7. The average molecular weight is 306 g/mol. The highest BCUT2D eigenvalue weighted by Crippen LogP contribution is 2.38. The van der Waals surface area contributed by atoms with E-state index in [0.29, 0.717) is 23.8 Å². The Morgan fingerprint density at radius 3 is 2.32 bits per heavy atom. The summed E-state index contributed by atoms with van der Waals surface area (Å²) in [6.45, 7) is 0.450. The van der Waals surface area contributed by atoms with Crippen LogP contribution < -0.4 is 19.5 Å². The Morgan fingerprint density at radius 1 is 1.23 bits per heavy atom. The molecule has 0 spiro atoms. The minimum atomic E-state index is -0.328. The third kappa shape index (κ3) is 3.13. The number of amides is 1. The first-order valence-electron chi connectivity index (χ1n) is 6.59. The molecule has 2 rings (SSSR count). The van der Waals surface area contributed by atoms with E-state index in [1.54, 1.807) is 12.1 Å². The van der Waals surface area contributed by atoms with Gasteiger partial charge in [-0.15, -0.1) is 0 Å². The second kappa shape index (κ2) is 6.84. The van der Waals surface area contributed by atoms with Crippen LogP contribution in [0.3, 0.4) is 0 Å². The number of carbonyl (C=O) groups excluding carboxylic acids is 1. The lowest BCUT2D eigenvalue weighted by molar-refractivity contribution is -0.116. The predicted octanol–water partition coefficient (Wildman–Crippen LogP) is 1.23. The Morgan fingerprint density at radius 2 is 1.86 bits per heavy atom. The maximum absolute atomic E-state index is 11.4. The highest BCUT2D eigenvalue weighted by molar-refractivity contribution is 6.14. The van der Waals surface area contributed by atoms with E-state index in [1.807, 2.05) is 0 Å². The highest BCUT2D eigenvalue weighted by atomic mass is 16.5. The molecule has 1 aliphatic heterocycles. The van der Waals surface area contributed by atoms with Crippen LogP contribution in [-0.2, 0) is 11.3 Å². The van der Waals surface area contributed by atoms with E-state index in [9.17, 15) is 9.90 Å². The number of hydrogen-bond acceptors (Lipinski definition) is 6. The number of benzene rings is 1. The summed E-state index contributed by atoms with van der Waals surface area (Å²) in [5, 5.41) is 12.0. The number of nitrogens with one attached hydrogen (secondary N) is 1. The van der Waals surface area contributed by atoms with Gasteiger partial charge < -0.3 is 24.6 Å². The van der Waals surface area contributed by atoms with Gasteiger partial charge in [0.2, 0.25) is 5.75 Å². The van der Waals surface area contributed by atoms with Crippen molar-refractivity contribution in [1.29, 1.82) is 0 Å².